The largest absolute Gasteiger partial charge is 0.495 e. The summed E-state index contributed by atoms with van der Waals surface area (Å²) in [6, 6.07) is 13.2. The van der Waals surface area contributed by atoms with Crippen molar-refractivity contribution in [2.24, 2.45) is 4.99 Å². The van der Waals surface area contributed by atoms with Gasteiger partial charge < -0.3 is 36.3 Å². The van der Waals surface area contributed by atoms with Crippen LogP contribution in [0.2, 0.25) is 0 Å². The highest BCUT2D eigenvalue weighted by molar-refractivity contribution is 5.98. The van der Waals surface area contributed by atoms with Crippen molar-refractivity contribution in [3.8, 4) is 29.5 Å². The van der Waals surface area contributed by atoms with E-state index >= 15 is 0 Å². The molecule has 192 valence electrons. The van der Waals surface area contributed by atoms with Gasteiger partial charge in [0.1, 0.15) is 35.1 Å². The molecule has 7 N–H and O–H groups in total. The molecular weight excluding hydrogens is 490 g/mol. The monoisotopic (exact) mass is 513 g/mol. The van der Waals surface area contributed by atoms with E-state index < -0.39 is 11.9 Å². The molecule has 0 saturated carbocycles. The van der Waals surface area contributed by atoms with Crippen LogP contribution in [0.15, 0.2) is 47.5 Å². The maximum Gasteiger partial charge on any atom is 0.262 e. The van der Waals surface area contributed by atoms with Crippen molar-refractivity contribution in [1.29, 1.82) is 10.5 Å². The summed E-state index contributed by atoms with van der Waals surface area (Å²) in [5.74, 6) is 1.07. The van der Waals surface area contributed by atoms with Gasteiger partial charge in [-0.1, -0.05) is 18.2 Å². The molecule has 2 heterocycles. The molecule has 0 radical (unpaired) electrons. The van der Waals surface area contributed by atoms with E-state index in [1.807, 2.05) is 6.07 Å². The normalized spacial score (nSPS) is 13.5. The number of nitrogens with two attached hydrogens (primary N) is 2. The average Bonchev–Trinajstić information content (AvgIpc) is 2.92. The molecule has 0 saturated heterocycles. The molecule has 0 aliphatic carbocycles. The minimum Gasteiger partial charge on any atom is -0.495 e. The second kappa shape index (κ2) is 10.9. The van der Waals surface area contributed by atoms with Crippen LogP contribution in [0.3, 0.4) is 0 Å². The Hall–Kier alpha value is -5.69. The highest BCUT2D eigenvalue weighted by Gasteiger charge is 2.30. The third kappa shape index (κ3) is 4.98. The summed E-state index contributed by atoms with van der Waals surface area (Å²) in [4.78, 5) is 21.2. The molecule has 2 aromatic carbocycles. The first-order valence-corrected chi connectivity index (χ1v) is 11.1. The number of methoxy groups -OCH3 is 2. The number of nitrogens with one attached hydrogen (secondary N) is 3. The van der Waals surface area contributed by atoms with Crippen molar-refractivity contribution >= 4 is 34.9 Å². The first-order valence-electron chi connectivity index (χ1n) is 11.1. The molecule has 1 aliphatic heterocycles. The number of nitrogen functional groups attached to an aromatic ring is 2. The summed E-state index contributed by atoms with van der Waals surface area (Å²) >= 11 is 0. The van der Waals surface area contributed by atoms with Gasteiger partial charge in [-0.2, -0.15) is 10.5 Å². The number of ether oxygens (including phenoxy) is 3. The van der Waals surface area contributed by atoms with Crippen molar-refractivity contribution in [1.82, 2.24) is 10.3 Å². The number of nitrogens with zero attached hydrogens (tertiary/aromatic N) is 4. The number of carbonyl (C=O) groups is 1. The number of anilines is 4. The summed E-state index contributed by atoms with van der Waals surface area (Å²) < 4.78 is 16.4. The molecule has 1 atom stereocenters. The number of amides is 1. The van der Waals surface area contributed by atoms with E-state index in [4.69, 9.17) is 30.9 Å². The first-order chi connectivity index (χ1) is 18.4. The molecule has 0 bridgehead atoms. The minimum atomic E-state index is -0.765. The van der Waals surface area contributed by atoms with E-state index in [0.717, 1.165) is 0 Å². The van der Waals surface area contributed by atoms with Crippen LogP contribution in [0.1, 0.15) is 22.7 Å². The zero-order valence-electron chi connectivity index (χ0n) is 20.4. The van der Waals surface area contributed by atoms with Gasteiger partial charge >= 0.3 is 0 Å². The molecule has 1 amide bonds. The van der Waals surface area contributed by atoms with E-state index in [2.05, 4.69) is 25.9 Å². The number of pyridine rings is 1. The number of rotatable bonds is 7. The molecule has 13 nitrogen and oxygen atoms in total. The lowest BCUT2D eigenvalue weighted by Gasteiger charge is -2.26. The Kier molecular flexibility index (Phi) is 7.30. The molecule has 1 unspecified atom stereocenters. The molecule has 13 heteroatoms. The summed E-state index contributed by atoms with van der Waals surface area (Å²) in [5, 5.41) is 26.6. The molecule has 3 aromatic rings. The zero-order valence-corrected chi connectivity index (χ0v) is 20.4. The van der Waals surface area contributed by atoms with Gasteiger partial charge in [-0.3, -0.25) is 10.1 Å². The SMILES string of the molecule is COc1ccccc1NC(=O)COc1ccc(C2N=C(NC#N)Nc3nc(N)c(C#N)c(N)c32)cc1OC. The number of fused-ring (bicyclic) bond motifs is 1. The Balaban J connectivity index is 1.62. The number of carbonyl (C=O) groups excluding carboxylic acids is 1. The molecule has 0 spiro atoms. The Morgan fingerprint density at radius 1 is 1.11 bits per heavy atom. The summed E-state index contributed by atoms with van der Waals surface area (Å²) in [5.41, 5.74) is 13.8. The number of nitriles is 2. The van der Waals surface area contributed by atoms with Gasteiger partial charge in [-0.05, 0) is 29.8 Å². The van der Waals surface area contributed by atoms with Crippen LogP contribution in [0, 0.1) is 22.8 Å². The van der Waals surface area contributed by atoms with E-state index in [1.165, 1.54) is 14.2 Å². The second-order valence-corrected chi connectivity index (χ2v) is 7.85. The lowest BCUT2D eigenvalue weighted by atomic mass is 9.95. The fraction of sp³-hybridized carbons (Fsp3) is 0.160. The predicted molar refractivity (Wildman–Crippen MR) is 140 cm³/mol. The quantitative estimate of drug-likeness (QED) is 0.228. The number of aliphatic imine (C=N–C) groups is 1. The maximum absolute atomic E-state index is 12.5. The van der Waals surface area contributed by atoms with Crippen LogP contribution < -0.4 is 41.6 Å². The fourth-order valence-corrected chi connectivity index (χ4v) is 3.87. The van der Waals surface area contributed by atoms with Crippen LogP contribution in [0.25, 0.3) is 0 Å². The Morgan fingerprint density at radius 2 is 1.87 bits per heavy atom. The van der Waals surface area contributed by atoms with Gasteiger partial charge in [0.05, 0.1) is 25.6 Å². The molecule has 0 fully saturated rings. The summed E-state index contributed by atoms with van der Waals surface area (Å²) in [7, 11) is 2.96. The van der Waals surface area contributed by atoms with Crippen LogP contribution >= 0.6 is 0 Å². The number of hydrogen-bond acceptors (Lipinski definition) is 12. The third-order valence-corrected chi connectivity index (χ3v) is 5.60. The summed E-state index contributed by atoms with van der Waals surface area (Å²) in [6.07, 6.45) is 1.80. The van der Waals surface area contributed by atoms with Gasteiger partial charge in [-0.15, -0.1) is 0 Å². The Morgan fingerprint density at radius 3 is 2.58 bits per heavy atom. The Bertz CT molecular complexity index is 1510. The van der Waals surface area contributed by atoms with Gasteiger partial charge in [0.15, 0.2) is 24.3 Å². The third-order valence-electron chi connectivity index (χ3n) is 5.60. The molecule has 1 aromatic heterocycles. The maximum atomic E-state index is 12.5. The van der Waals surface area contributed by atoms with E-state index in [0.29, 0.717) is 34.1 Å². The van der Waals surface area contributed by atoms with Gasteiger partial charge in [0, 0.05) is 5.56 Å². The lowest BCUT2D eigenvalue weighted by molar-refractivity contribution is -0.118. The lowest BCUT2D eigenvalue weighted by Crippen LogP contribution is -2.32. The van der Waals surface area contributed by atoms with Gasteiger partial charge in [-0.25, -0.2) is 9.98 Å². The molecule has 4 rings (SSSR count). The summed E-state index contributed by atoms with van der Waals surface area (Å²) in [6.45, 7) is -0.292. The van der Waals surface area contributed by atoms with Gasteiger partial charge in [0.25, 0.3) is 5.91 Å². The second-order valence-electron chi connectivity index (χ2n) is 7.85. The van der Waals surface area contributed by atoms with Gasteiger partial charge in [0.2, 0.25) is 5.96 Å². The number of benzene rings is 2. The first kappa shape index (κ1) is 25.4. The molecular formula is C25H23N9O4. The van der Waals surface area contributed by atoms with Crippen LogP contribution in [0.4, 0.5) is 23.0 Å². The molecule has 1 aliphatic rings. The predicted octanol–water partition coefficient (Wildman–Crippen LogP) is 2.09. The topological polar surface area (TPSA) is 206 Å². The number of hydrogen-bond donors (Lipinski definition) is 5. The van der Waals surface area contributed by atoms with Crippen molar-refractivity contribution in [2.75, 3.05) is 42.9 Å². The highest BCUT2D eigenvalue weighted by Crippen LogP contribution is 2.42. The Labute approximate surface area is 217 Å². The standard InChI is InChI=1S/C25H23N9O4/c1-36-16-6-4-3-5-15(16)31-19(35)11-38-17-8-7-13(9-18(17)37-2)22-20-21(28)14(10-26)23(29)33-24(20)34-25(32-22)30-12-27/h3-9,22H,11H2,1-2H3,(H,31,35)(H6,28,29,30,32,33,34). The fourth-order valence-electron chi connectivity index (χ4n) is 3.87. The van der Waals surface area contributed by atoms with Crippen LogP contribution in [-0.4, -0.2) is 37.7 Å². The zero-order chi connectivity index (χ0) is 27.2. The number of guanidine groups is 1. The minimum absolute atomic E-state index is 0.0235. The molecule has 38 heavy (non-hydrogen) atoms. The smallest absolute Gasteiger partial charge is 0.262 e. The van der Waals surface area contributed by atoms with Crippen LogP contribution in [-0.2, 0) is 4.79 Å². The number of aromatic nitrogens is 1. The average molecular weight is 514 g/mol. The van der Waals surface area contributed by atoms with Crippen molar-refractivity contribution < 1.29 is 19.0 Å². The van der Waals surface area contributed by atoms with E-state index in [9.17, 15) is 10.1 Å². The van der Waals surface area contributed by atoms with E-state index in [1.54, 1.807) is 48.7 Å². The highest BCUT2D eigenvalue weighted by atomic mass is 16.5. The van der Waals surface area contributed by atoms with Crippen LogP contribution in [0.5, 0.6) is 17.2 Å². The van der Waals surface area contributed by atoms with E-state index in [-0.39, 0.29) is 35.5 Å². The van der Waals surface area contributed by atoms with Crippen molar-refractivity contribution in [2.45, 2.75) is 6.04 Å². The van der Waals surface area contributed by atoms with Crippen molar-refractivity contribution in [3.63, 3.8) is 0 Å². The van der Waals surface area contributed by atoms with Crippen molar-refractivity contribution in [3.05, 3.63) is 59.2 Å². The number of para-hydroxylation sites is 2.